The van der Waals surface area contributed by atoms with E-state index in [4.69, 9.17) is 11.6 Å². The molecular weight excluding hydrogens is 218 g/mol. The minimum Gasteiger partial charge on any atom is -0.313 e. The number of nitrogens with one attached hydrogen (secondary N) is 1. The summed E-state index contributed by atoms with van der Waals surface area (Å²) in [7, 11) is 0. The Balaban J connectivity index is 1.74. The van der Waals surface area contributed by atoms with Gasteiger partial charge in [0.2, 0.25) is 0 Å². The molecule has 2 heteroatoms. The maximum atomic E-state index is 6.19. The first-order valence-electron chi connectivity index (χ1n) is 6.02. The molecule has 0 spiro atoms. The minimum atomic E-state index is 0.248. The van der Waals surface area contributed by atoms with Crippen molar-refractivity contribution >= 4 is 11.6 Å². The molecule has 0 aliphatic heterocycles. The number of hydrogen-bond acceptors (Lipinski definition) is 1. The van der Waals surface area contributed by atoms with E-state index >= 15 is 0 Å². The standard InChI is InChI=1S/C14H20ClN/c1-14(2)12(15)10-13(14)16-9-8-11-6-4-3-5-7-11/h3-7,12-13,16H,8-10H2,1-2H3. The molecule has 2 atom stereocenters. The van der Waals surface area contributed by atoms with Gasteiger partial charge in [0.05, 0.1) is 0 Å². The van der Waals surface area contributed by atoms with Crippen LogP contribution >= 0.6 is 11.6 Å². The molecule has 0 amide bonds. The monoisotopic (exact) mass is 237 g/mol. The molecule has 1 aromatic rings. The Morgan fingerprint density at radius 1 is 1.31 bits per heavy atom. The highest BCUT2D eigenvalue weighted by Gasteiger charge is 2.46. The van der Waals surface area contributed by atoms with Gasteiger partial charge >= 0.3 is 0 Å². The van der Waals surface area contributed by atoms with Gasteiger partial charge in [0.15, 0.2) is 0 Å². The van der Waals surface area contributed by atoms with Crippen LogP contribution in [0.1, 0.15) is 25.8 Å². The largest absolute Gasteiger partial charge is 0.313 e. The topological polar surface area (TPSA) is 12.0 Å². The molecule has 2 unspecified atom stereocenters. The highest BCUT2D eigenvalue weighted by molar-refractivity contribution is 6.21. The molecule has 1 aromatic carbocycles. The summed E-state index contributed by atoms with van der Waals surface area (Å²) in [6, 6.07) is 11.2. The van der Waals surface area contributed by atoms with Crippen molar-refractivity contribution in [2.45, 2.75) is 38.1 Å². The third kappa shape index (κ3) is 2.41. The molecular formula is C14H20ClN. The third-order valence-electron chi connectivity index (χ3n) is 3.80. The van der Waals surface area contributed by atoms with Crippen LogP contribution in [0.3, 0.4) is 0 Å². The van der Waals surface area contributed by atoms with E-state index in [9.17, 15) is 0 Å². The van der Waals surface area contributed by atoms with E-state index in [0.29, 0.717) is 11.4 Å². The van der Waals surface area contributed by atoms with Crippen LogP contribution in [0.5, 0.6) is 0 Å². The first-order chi connectivity index (χ1) is 7.60. The SMILES string of the molecule is CC1(C)C(Cl)CC1NCCc1ccccc1. The number of benzene rings is 1. The lowest BCUT2D eigenvalue weighted by atomic mass is 9.67. The summed E-state index contributed by atoms with van der Waals surface area (Å²) in [5.41, 5.74) is 1.65. The normalized spacial score (nSPS) is 27.4. The van der Waals surface area contributed by atoms with Gasteiger partial charge in [-0.05, 0) is 30.4 Å². The molecule has 0 saturated heterocycles. The van der Waals surface area contributed by atoms with E-state index in [2.05, 4.69) is 49.5 Å². The van der Waals surface area contributed by atoms with Crippen molar-refractivity contribution in [2.75, 3.05) is 6.54 Å². The van der Waals surface area contributed by atoms with Gasteiger partial charge in [0.1, 0.15) is 0 Å². The summed E-state index contributed by atoms with van der Waals surface area (Å²) in [6.45, 7) is 5.53. The second-order valence-corrected chi connectivity index (χ2v) is 5.79. The zero-order valence-corrected chi connectivity index (χ0v) is 10.8. The summed E-state index contributed by atoms with van der Waals surface area (Å²) in [6.07, 6.45) is 2.20. The first-order valence-corrected chi connectivity index (χ1v) is 6.45. The molecule has 1 fully saturated rings. The lowest BCUT2D eigenvalue weighted by molar-refractivity contribution is 0.118. The Labute approximate surface area is 103 Å². The molecule has 0 radical (unpaired) electrons. The molecule has 1 aliphatic carbocycles. The van der Waals surface area contributed by atoms with Crippen molar-refractivity contribution in [2.24, 2.45) is 5.41 Å². The molecule has 0 heterocycles. The van der Waals surface area contributed by atoms with Crippen molar-refractivity contribution in [1.82, 2.24) is 5.32 Å². The first kappa shape index (κ1) is 11.9. The van der Waals surface area contributed by atoms with Crippen LogP contribution in [0.15, 0.2) is 30.3 Å². The number of hydrogen-bond donors (Lipinski definition) is 1. The van der Waals surface area contributed by atoms with Gasteiger partial charge < -0.3 is 5.32 Å². The fourth-order valence-electron chi connectivity index (χ4n) is 2.25. The molecule has 1 saturated carbocycles. The summed E-state index contributed by atoms with van der Waals surface area (Å²) in [5.74, 6) is 0. The van der Waals surface area contributed by atoms with Crippen molar-refractivity contribution < 1.29 is 0 Å². The molecule has 1 aliphatic rings. The van der Waals surface area contributed by atoms with E-state index in [1.165, 1.54) is 5.56 Å². The second kappa shape index (κ2) is 4.77. The van der Waals surface area contributed by atoms with Crippen LogP contribution in [0, 0.1) is 5.41 Å². The van der Waals surface area contributed by atoms with Crippen LogP contribution in [0.25, 0.3) is 0 Å². The van der Waals surface area contributed by atoms with Crippen LogP contribution in [0.2, 0.25) is 0 Å². The smallest absolute Gasteiger partial charge is 0.0416 e. The van der Waals surface area contributed by atoms with E-state index in [-0.39, 0.29) is 5.41 Å². The van der Waals surface area contributed by atoms with E-state index in [0.717, 1.165) is 19.4 Å². The maximum Gasteiger partial charge on any atom is 0.0416 e. The van der Waals surface area contributed by atoms with Gasteiger partial charge in [-0.25, -0.2) is 0 Å². The number of rotatable bonds is 4. The quantitative estimate of drug-likeness (QED) is 0.793. The predicted octanol–water partition coefficient (Wildman–Crippen LogP) is 3.22. The second-order valence-electron chi connectivity index (χ2n) is 5.27. The van der Waals surface area contributed by atoms with Crippen molar-refractivity contribution in [3.8, 4) is 0 Å². The third-order valence-corrected chi connectivity index (χ3v) is 4.54. The van der Waals surface area contributed by atoms with Crippen LogP contribution in [-0.2, 0) is 6.42 Å². The lowest BCUT2D eigenvalue weighted by Gasteiger charge is -2.49. The average Bonchev–Trinajstić information content (AvgIpc) is 2.29. The molecule has 2 rings (SSSR count). The van der Waals surface area contributed by atoms with Gasteiger partial charge in [-0.15, -0.1) is 11.6 Å². The summed E-state index contributed by atoms with van der Waals surface area (Å²) in [4.78, 5) is 0. The van der Waals surface area contributed by atoms with Gasteiger partial charge in [-0.3, -0.25) is 0 Å². The van der Waals surface area contributed by atoms with Crippen molar-refractivity contribution in [1.29, 1.82) is 0 Å². The van der Waals surface area contributed by atoms with Gasteiger partial charge in [-0.1, -0.05) is 44.2 Å². The maximum absolute atomic E-state index is 6.19. The van der Waals surface area contributed by atoms with Crippen molar-refractivity contribution in [3.05, 3.63) is 35.9 Å². The molecule has 1 N–H and O–H groups in total. The Bertz CT molecular complexity index is 334. The molecule has 0 bridgehead atoms. The lowest BCUT2D eigenvalue weighted by Crippen LogP contribution is -2.58. The van der Waals surface area contributed by atoms with Crippen molar-refractivity contribution in [3.63, 3.8) is 0 Å². The molecule has 88 valence electrons. The summed E-state index contributed by atoms with van der Waals surface area (Å²) in [5, 5.41) is 3.94. The van der Waals surface area contributed by atoms with Gasteiger partial charge in [-0.2, -0.15) is 0 Å². The van der Waals surface area contributed by atoms with E-state index < -0.39 is 0 Å². The van der Waals surface area contributed by atoms with Crippen LogP contribution in [-0.4, -0.2) is 18.0 Å². The average molecular weight is 238 g/mol. The van der Waals surface area contributed by atoms with Crippen LogP contribution in [0.4, 0.5) is 0 Å². The zero-order chi connectivity index (χ0) is 11.6. The fraction of sp³-hybridized carbons (Fsp3) is 0.571. The van der Waals surface area contributed by atoms with E-state index in [1.807, 2.05) is 0 Å². The van der Waals surface area contributed by atoms with Crippen LogP contribution < -0.4 is 5.32 Å². The van der Waals surface area contributed by atoms with Gasteiger partial charge in [0.25, 0.3) is 0 Å². The predicted molar refractivity (Wildman–Crippen MR) is 70.0 cm³/mol. The highest BCUT2D eigenvalue weighted by Crippen LogP contribution is 2.44. The minimum absolute atomic E-state index is 0.248. The summed E-state index contributed by atoms with van der Waals surface area (Å²) < 4.78 is 0. The number of alkyl halides is 1. The van der Waals surface area contributed by atoms with E-state index in [1.54, 1.807) is 0 Å². The summed E-state index contributed by atoms with van der Waals surface area (Å²) >= 11 is 6.19. The Hall–Kier alpha value is -0.530. The fourth-order valence-corrected chi connectivity index (χ4v) is 2.58. The Morgan fingerprint density at radius 3 is 2.56 bits per heavy atom. The Kier molecular flexibility index (Phi) is 3.56. The van der Waals surface area contributed by atoms with Gasteiger partial charge in [0, 0.05) is 11.4 Å². The Morgan fingerprint density at radius 2 is 2.00 bits per heavy atom. The molecule has 0 aromatic heterocycles. The molecule has 1 nitrogen and oxygen atoms in total. The molecule has 16 heavy (non-hydrogen) atoms. The highest BCUT2D eigenvalue weighted by atomic mass is 35.5. The zero-order valence-electron chi connectivity index (χ0n) is 10.0. The number of halogens is 1.